The number of ether oxygens (including phenoxy) is 1. The van der Waals surface area contributed by atoms with Crippen LogP contribution in [0.25, 0.3) is 0 Å². The summed E-state index contributed by atoms with van der Waals surface area (Å²) in [7, 11) is 0. The summed E-state index contributed by atoms with van der Waals surface area (Å²) in [4.78, 5) is 24.0. The molecule has 23 heavy (non-hydrogen) atoms. The lowest BCUT2D eigenvalue weighted by molar-refractivity contribution is -0.149. The number of hydrogen-bond donors (Lipinski definition) is 1. The molecule has 0 saturated heterocycles. The minimum atomic E-state index is -0.385. The van der Waals surface area contributed by atoms with Crippen molar-refractivity contribution < 1.29 is 14.3 Å². The average molecular weight is 376 g/mol. The fourth-order valence-electron chi connectivity index (χ4n) is 2.19. The Labute approximate surface area is 144 Å². The van der Waals surface area contributed by atoms with Gasteiger partial charge in [-0.3, -0.25) is 9.59 Å². The molecule has 0 bridgehead atoms. The number of carbonyl (C=O) groups excluding carboxylic acids is 2. The Bertz CT molecular complexity index is 656. The summed E-state index contributed by atoms with van der Waals surface area (Å²) in [5.41, 5.74) is 1.55. The molecule has 2 aromatic rings. The Morgan fingerprint density at radius 2 is 1.74 bits per heavy atom. The van der Waals surface area contributed by atoms with Crippen molar-refractivity contribution in [3.8, 4) is 0 Å². The Balaban J connectivity index is 1.87. The van der Waals surface area contributed by atoms with Crippen molar-refractivity contribution in [2.75, 3.05) is 11.9 Å². The molecular formula is C18H18BrNO3. The van der Waals surface area contributed by atoms with Gasteiger partial charge in [-0.25, -0.2) is 0 Å². The highest BCUT2D eigenvalue weighted by Gasteiger charge is 2.20. The molecule has 0 aliphatic heterocycles. The van der Waals surface area contributed by atoms with Crippen LogP contribution < -0.4 is 5.32 Å². The van der Waals surface area contributed by atoms with Gasteiger partial charge in [0.1, 0.15) is 0 Å². The molecule has 0 heterocycles. The maximum atomic E-state index is 12.2. The van der Waals surface area contributed by atoms with E-state index in [1.165, 1.54) is 0 Å². The monoisotopic (exact) mass is 375 g/mol. The quantitative estimate of drug-likeness (QED) is 0.772. The molecule has 0 aliphatic carbocycles. The summed E-state index contributed by atoms with van der Waals surface area (Å²) in [5.74, 6) is -1.09. The molecule has 2 rings (SSSR count). The molecule has 0 spiro atoms. The van der Waals surface area contributed by atoms with Crippen molar-refractivity contribution in [1.29, 1.82) is 0 Å². The van der Waals surface area contributed by atoms with E-state index in [1.807, 2.05) is 49.4 Å². The van der Waals surface area contributed by atoms with E-state index in [2.05, 4.69) is 21.2 Å². The summed E-state index contributed by atoms with van der Waals surface area (Å²) in [6.07, 6.45) is 0.622. The molecule has 2 aromatic carbocycles. The second kappa shape index (κ2) is 8.48. The van der Waals surface area contributed by atoms with E-state index in [0.717, 1.165) is 10.0 Å². The Kier molecular flexibility index (Phi) is 6.35. The summed E-state index contributed by atoms with van der Waals surface area (Å²) >= 11 is 3.33. The van der Waals surface area contributed by atoms with Gasteiger partial charge in [0, 0.05) is 10.2 Å². The lowest BCUT2D eigenvalue weighted by Crippen LogP contribution is -2.23. The molecule has 0 fully saturated rings. The number of rotatable bonds is 6. The summed E-state index contributed by atoms with van der Waals surface area (Å²) in [6.45, 7) is 1.62. The predicted octanol–water partition coefficient (Wildman–Crippen LogP) is 4.12. The first-order valence-corrected chi connectivity index (χ1v) is 8.16. The number of carbonyl (C=O) groups is 2. The SMILES string of the molecule is CCC(C(=O)OCC(=O)Nc1ccc(Br)cc1)c1ccccc1. The summed E-state index contributed by atoms with van der Waals surface area (Å²) in [5, 5.41) is 2.68. The Morgan fingerprint density at radius 1 is 1.09 bits per heavy atom. The maximum Gasteiger partial charge on any atom is 0.313 e. The fraction of sp³-hybridized carbons (Fsp3) is 0.222. The Morgan fingerprint density at radius 3 is 2.35 bits per heavy atom. The average Bonchev–Trinajstić information content (AvgIpc) is 2.57. The highest BCUT2D eigenvalue weighted by atomic mass is 79.9. The molecule has 120 valence electrons. The van der Waals surface area contributed by atoms with Crippen LogP contribution in [-0.4, -0.2) is 18.5 Å². The third-order valence-electron chi connectivity index (χ3n) is 3.37. The molecule has 4 nitrogen and oxygen atoms in total. The van der Waals surface area contributed by atoms with Gasteiger partial charge in [-0.1, -0.05) is 53.2 Å². The van der Waals surface area contributed by atoms with Gasteiger partial charge in [0.05, 0.1) is 5.92 Å². The topological polar surface area (TPSA) is 55.4 Å². The third-order valence-corrected chi connectivity index (χ3v) is 3.90. The zero-order chi connectivity index (χ0) is 16.7. The van der Waals surface area contributed by atoms with Crippen LogP contribution in [0.5, 0.6) is 0 Å². The number of halogens is 1. The molecule has 0 saturated carbocycles. The number of nitrogens with one attached hydrogen (secondary N) is 1. The molecule has 1 unspecified atom stereocenters. The van der Waals surface area contributed by atoms with Crippen molar-refractivity contribution in [3.05, 3.63) is 64.6 Å². The second-order valence-electron chi connectivity index (χ2n) is 5.03. The van der Waals surface area contributed by atoms with Crippen molar-refractivity contribution in [1.82, 2.24) is 0 Å². The molecule has 0 radical (unpaired) electrons. The lowest BCUT2D eigenvalue weighted by Gasteiger charge is -2.14. The van der Waals surface area contributed by atoms with Crippen LogP contribution in [0.15, 0.2) is 59.1 Å². The van der Waals surface area contributed by atoms with E-state index in [9.17, 15) is 9.59 Å². The number of esters is 1. The van der Waals surface area contributed by atoms with Crippen molar-refractivity contribution >= 4 is 33.5 Å². The van der Waals surface area contributed by atoms with Gasteiger partial charge >= 0.3 is 5.97 Å². The molecule has 5 heteroatoms. The van der Waals surface area contributed by atoms with E-state index >= 15 is 0 Å². The number of amides is 1. The number of anilines is 1. The normalized spacial score (nSPS) is 11.6. The predicted molar refractivity (Wildman–Crippen MR) is 93.2 cm³/mol. The zero-order valence-electron chi connectivity index (χ0n) is 12.8. The first-order chi connectivity index (χ1) is 11.1. The van der Waals surface area contributed by atoms with Gasteiger partial charge < -0.3 is 10.1 Å². The van der Waals surface area contributed by atoms with Crippen LogP contribution in [0.3, 0.4) is 0 Å². The van der Waals surface area contributed by atoms with Gasteiger partial charge in [-0.05, 0) is 36.2 Å². The van der Waals surface area contributed by atoms with Crippen LogP contribution in [0.1, 0.15) is 24.8 Å². The van der Waals surface area contributed by atoms with Crippen LogP contribution in [0.2, 0.25) is 0 Å². The first-order valence-electron chi connectivity index (χ1n) is 7.37. The zero-order valence-corrected chi connectivity index (χ0v) is 14.4. The Hall–Kier alpha value is -2.14. The smallest absolute Gasteiger partial charge is 0.313 e. The standard InChI is InChI=1S/C18H18BrNO3/c1-2-16(13-6-4-3-5-7-13)18(22)23-12-17(21)20-15-10-8-14(19)9-11-15/h3-11,16H,2,12H2,1H3,(H,20,21). The summed E-state index contributed by atoms with van der Waals surface area (Å²) < 4.78 is 6.07. The maximum absolute atomic E-state index is 12.2. The lowest BCUT2D eigenvalue weighted by atomic mass is 9.97. The number of hydrogen-bond acceptors (Lipinski definition) is 3. The summed E-state index contributed by atoms with van der Waals surface area (Å²) in [6, 6.07) is 16.6. The van der Waals surface area contributed by atoms with E-state index in [-0.39, 0.29) is 24.4 Å². The van der Waals surface area contributed by atoms with Crippen molar-refractivity contribution in [2.24, 2.45) is 0 Å². The van der Waals surface area contributed by atoms with Crippen LogP contribution in [0, 0.1) is 0 Å². The van der Waals surface area contributed by atoms with Gasteiger partial charge in [0.25, 0.3) is 5.91 Å². The second-order valence-corrected chi connectivity index (χ2v) is 5.95. The van der Waals surface area contributed by atoms with Crippen LogP contribution >= 0.6 is 15.9 Å². The molecular weight excluding hydrogens is 358 g/mol. The van der Waals surface area contributed by atoms with E-state index < -0.39 is 0 Å². The van der Waals surface area contributed by atoms with Crippen molar-refractivity contribution in [3.63, 3.8) is 0 Å². The highest BCUT2D eigenvalue weighted by molar-refractivity contribution is 9.10. The number of benzene rings is 2. The molecule has 1 N–H and O–H groups in total. The minimum Gasteiger partial charge on any atom is -0.455 e. The molecule has 0 aliphatic rings. The molecule has 0 aromatic heterocycles. The van der Waals surface area contributed by atoms with Crippen molar-refractivity contribution in [2.45, 2.75) is 19.3 Å². The van der Waals surface area contributed by atoms with E-state index in [1.54, 1.807) is 12.1 Å². The first kappa shape index (κ1) is 17.2. The van der Waals surface area contributed by atoms with Crippen LogP contribution in [-0.2, 0) is 14.3 Å². The van der Waals surface area contributed by atoms with E-state index in [4.69, 9.17) is 4.74 Å². The molecule has 1 amide bonds. The van der Waals surface area contributed by atoms with Crippen LogP contribution in [0.4, 0.5) is 5.69 Å². The van der Waals surface area contributed by atoms with Gasteiger partial charge in [0.15, 0.2) is 6.61 Å². The fourth-order valence-corrected chi connectivity index (χ4v) is 2.46. The highest BCUT2D eigenvalue weighted by Crippen LogP contribution is 2.20. The largest absolute Gasteiger partial charge is 0.455 e. The molecule has 1 atom stereocenters. The minimum absolute atomic E-state index is 0.293. The van der Waals surface area contributed by atoms with E-state index in [0.29, 0.717) is 12.1 Å². The van der Waals surface area contributed by atoms with Gasteiger partial charge in [-0.2, -0.15) is 0 Å². The third kappa shape index (κ3) is 5.21. The van der Waals surface area contributed by atoms with Gasteiger partial charge in [0.2, 0.25) is 0 Å². The van der Waals surface area contributed by atoms with Gasteiger partial charge in [-0.15, -0.1) is 0 Å².